The molecule has 0 saturated heterocycles. The van der Waals surface area contributed by atoms with Crippen molar-refractivity contribution in [3.05, 3.63) is 77.5 Å². The molecule has 148 valence electrons. The van der Waals surface area contributed by atoms with Crippen LogP contribution in [0.2, 0.25) is 0 Å². The number of rotatable bonds is 8. The van der Waals surface area contributed by atoms with Gasteiger partial charge in [-0.2, -0.15) is 0 Å². The summed E-state index contributed by atoms with van der Waals surface area (Å²) in [5.74, 6) is 0. The van der Waals surface area contributed by atoms with Crippen LogP contribution in [-0.4, -0.2) is 35.0 Å². The lowest BCUT2D eigenvalue weighted by molar-refractivity contribution is 0.632. The van der Waals surface area contributed by atoms with Gasteiger partial charge in [-0.15, -0.1) is 10.2 Å². The molecular weight excluding hydrogens is 362 g/mol. The summed E-state index contributed by atoms with van der Waals surface area (Å²) in [5.41, 5.74) is 6.25. The predicted octanol–water partition coefficient (Wildman–Crippen LogP) is 3.68. The Morgan fingerprint density at radius 2 is 1.62 bits per heavy atom. The molecular formula is C22H25N7. The molecule has 0 N–H and O–H groups in total. The van der Waals surface area contributed by atoms with Gasteiger partial charge in [0, 0.05) is 18.0 Å². The van der Waals surface area contributed by atoms with E-state index < -0.39 is 0 Å². The van der Waals surface area contributed by atoms with Crippen molar-refractivity contribution >= 4 is 0 Å². The first kappa shape index (κ1) is 19.0. The molecule has 0 radical (unpaired) electrons. The standard InChI is InChI=1S/C22H25N7/c1-3-4-5-21-15-28(26-24-21)13-18-8-11-20(23-12-18)14-29-16-22(25-27-29)19-9-6-17(2)7-10-19/h6-12,15-16H,3-5,13-14H2,1-2H3. The molecule has 0 aliphatic heterocycles. The Morgan fingerprint density at radius 3 is 2.38 bits per heavy atom. The van der Waals surface area contributed by atoms with Crippen molar-refractivity contribution in [3.8, 4) is 11.3 Å². The van der Waals surface area contributed by atoms with Crippen molar-refractivity contribution in [1.82, 2.24) is 35.0 Å². The first-order valence-corrected chi connectivity index (χ1v) is 9.99. The number of aromatic nitrogens is 7. The maximum atomic E-state index is 4.57. The van der Waals surface area contributed by atoms with E-state index in [2.05, 4.69) is 69.8 Å². The van der Waals surface area contributed by atoms with Crippen LogP contribution in [0.5, 0.6) is 0 Å². The minimum absolute atomic E-state index is 0.587. The number of benzene rings is 1. The number of aryl methyl sites for hydroxylation is 2. The second-order valence-electron chi connectivity index (χ2n) is 7.34. The minimum Gasteiger partial charge on any atom is -0.259 e. The predicted molar refractivity (Wildman–Crippen MR) is 111 cm³/mol. The van der Waals surface area contributed by atoms with Gasteiger partial charge in [0.1, 0.15) is 5.69 Å². The van der Waals surface area contributed by atoms with Crippen LogP contribution in [0, 0.1) is 6.92 Å². The average molecular weight is 387 g/mol. The lowest BCUT2D eigenvalue weighted by Gasteiger charge is -2.03. The van der Waals surface area contributed by atoms with Crippen molar-refractivity contribution in [1.29, 1.82) is 0 Å². The Hall–Kier alpha value is -3.35. The van der Waals surface area contributed by atoms with Gasteiger partial charge >= 0.3 is 0 Å². The molecule has 0 bridgehead atoms. The van der Waals surface area contributed by atoms with E-state index in [0.29, 0.717) is 13.1 Å². The fraction of sp³-hybridized carbons (Fsp3) is 0.318. The van der Waals surface area contributed by atoms with Crippen molar-refractivity contribution < 1.29 is 0 Å². The summed E-state index contributed by atoms with van der Waals surface area (Å²) >= 11 is 0. The number of hydrogen-bond acceptors (Lipinski definition) is 5. The molecule has 0 aliphatic carbocycles. The zero-order chi connectivity index (χ0) is 20.1. The van der Waals surface area contributed by atoms with Crippen molar-refractivity contribution in [2.24, 2.45) is 0 Å². The summed E-state index contributed by atoms with van der Waals surface area (Å²) in [5, 5.41) is 16.9. The third-order valence-electron chi connectivity index (χ3n) is 4.81. The molecule has 7 heteroatoms. The van der Waals surface area contributed by atoms with E-state index in [1.165, 1.54) is 5.56 Å². The van der Waals surface area contributed by atoms with E-state index in [0.717, 1.165) is 47.5 Å². The average Bonchev–Trinajstić information content (AvgIpc) is 3.38. The summed E-state index contributed by atoms with van der Waals surface area (Å²) in [6, 6.07) is 12.4. The number of nitrogens with zero attached hydrogens (tertiary/aromatic N) is 7. The zero-order valence-electron chi connectivity index (χ0n) is 16.9. The third-order valence-corrected chi connectivity index (χ3v) is 4.81. The Bertz CT molecular complexity index is 1050. The van der Waals surface area contributed by atoms with Crippen molar-refractivity contribution in [3.63, 3.8) is 0 Å². The van der Waals surface area contributed by atoms with Crippen LogP contribution in [0.4, 0.5) is 0 Å². The van der Waals surface area contributed by atoms with Gasteiger partial charge in [0.05, 0.1) is 30.7 Å². The summed E-state index contributed by atoms with van der Waals surface area (Å²) in [6.45, 7) is 5.52. The molecule has 7 nitrogen and oxygen atoms in total. The van der Waals surface area contributed by atoms with Gasteiger partial charge in [0.2, 0.25) is 0 Å². The lowest BCUT2D eigenvalue weighted by atomic mass is 10.1. The van der Waals surface area contributed by atoms with Gasteiger partial charge in [-0.1, -0.05) is 59.7 Å². The molecule has 29 heavy (non-hydrogen) atoms. The summed E-state index contributed by atoms with van der Waals surface area (Å²) < 4.78 is 3.68. The molecule has 1 aromatic carbocycles. The highest BCUT2D eigenvalue weighted by Crippen LogP contribution is 2.17. The second-order valence-corrected chi connectivity index (χ2v) is 7.34. The maximum Gasteiger partial charge on any atom is 0.113 e. The van der Waals surface area contributed by atoms with Crippen LogP contribution in [-0.2, 0) is 19.5 Å². The molecule has 0 spiro atoms. The highest BCUT2D eigenvalue weighted by Gasteiger charge is 2.06. The third kappa shape index (κ3) is 4.93. The van der Waals surface area contributed by atoms with Crippen molar-refractivity contribution in [2.75, 3.05) is 0 Å². The van der Waals surface area contributed by atoms with E-state index in [9.17, 15) is 0 Å². The Balaban J connectivity index is 1.37. The minimum atomic E-state index is 0.587. The maximum absolute atomic E-state index is 4.57. The van der Waals surface area contributed by atoms with Crippen LogP contribution in [0.3, 0.4) is 0 Å². The largest absolute Gasteiger partial charge is 0.259 e. The molecule has 0 amide bonds. The second kappa shape index (κ2) is 8.77. The molecule has 0 aliphatic rings. The van der Waals surface area contributed by atoms with Crippen LogP contribution >= 0.6 is 0 Å². The van der Waals surface area contributed by atoms with Gasteiger partial charge in [-0.3, -0.25) is 4.98 Å². The van der Waals surface area contributed by atoms with Gasteiger partial charge in [0.15, 0.2) is 0 Å². The highest BCUT2D eigenvalue weighted by molar-refractivity contribution is 5.57. The van der Waals surface area contributed by atoms with Crippen LogP contribution < -0.4 is 0 Å². The molecule has 4 rings (SSSR count). The van der Waals surface area contributed by atoms with Crippen LogP contribution in [0.25, 0.3) is 11.3 Å². The molecule has 0 atom stereocenters. The number of hydrogen-bond donors (Lipinski definition) is 0. The SMILES string of the molecule is CCCCc1cn(Cc2ccc(Cn3cc(-c4ccc(C)cc4)nn3)nc2)nn1. The van der Waals surface area contributed by atoms with E-state index >= 15 is 0 Å². The Labute approximate surface area is 170 Å². The first-order chi connectivity index (χ1) is 14.2. The van der Waals surface area contributed by atoms with Crippen LogP contribution in [0.1, 0.15) is 42.3 Å². The van der Waals surface area contributed by atoms with E-state index in [-0.39, 0.29) is 0 Å². The lowest BCUT2D eigenvalue weighted by Crippen LogP contribution is -2.05. The van der Waals surface area contributed by atoms with Gasteiger partial charge in [-0.05, 0) is 31.4 Å². The molecule has 0 fully saturated rings. The molecule has 3 heterocycles. The fourth-order valence-electron chi connectivity index (χ4n) is 3.12. The zero-order valence-corrected chi connectivity index (χ0v) is 16.9. The van der Waals surface area contributed by atoms with Crippen molar-refractivity contribution in [2.45, 2.75) is 46.2 Å². The normalized spacial score (nSPS) is 11.1. The number of pyridine rings is 1. The molecule has 4 aromatic rings. The fourth-order valence-corrected chi connectivity index (χ4v) is 3.12. The quantitative estimate of drug-likeness (QED) is 0.461. The first-order valence-electron chi connectivity index (χ1n) is 9.99. The van der Waals surface area contributed by atoms with Gasteiger partial charge < -0.3 is 0 Å². The summed E-state index contributed by atoms with van der Waals surface area (Å²) in [6.07, 6.45) is 9.15. The smallest absolute Gasteiger partial charge is 0.113 e. The van der Waals surface area contributed by atoms with E-state index in [1.54, 1.807) is 0 Å². The molecule has 0 unspecified atom stereocenters. The van der Waals surface area contributed by atoms with Gasteiger partial charge in [0.25, 0.3) is 0 Å². The highest BCUT2D eigenvalue weighted by atomic mass is 15.4. The van der Waals surface area contributed by atoms with E-state index in [1.807, 2.05) is 34.0 Å². The monoisotopic (exact) mass is 387 g/mol. The summed E-state index contributed by atoms with van der Waals surface area (Å²) in [7, 11) is 0. The summed E-state index contributed by atoms with van der Waals surface area (Å²) in [4.78, 5) is 4.57. The van der Waals surface area contributed by atoms with E-state index in [4.69, 9.17) is 0 Å². The topological polar surface area (TPSA) is 74.3 Å². The number of unbranched alkanes of at least 4 members (excludes halogenated alkanes) is 1. The van der Waals surface area contributed by atoms with Gasteiger partial charge in [-0.25, -0.2) is 9.36 Å². The Morgan fingerprint density at radius 1 is 0.828 bits per heavy atom. The molecule has 0 saturated carbocycles. The molecule has 3 aromatic heterocycles. The Kier molecular flexibility index (Phi) is 5.74. The van der Waals surface area contributed by atoms with Crippen LogP contribution in [0.15, 0.2) is 55.0 Å².